The molecule has 0 fully saturated rings. The van der Waals surface area contributed by atoms with Crippen molar-refractivity contribution < 1.29 is 9.90 Å². The van der Waals surface area contributed by atoms with E-state index in [0.29, 0.717) is 11.1 Å². The predicted molar refractivity (Wildman–Crippen MR) is 67.5 cm³/mol. The van der Waals surface area contributed by atoms with Gasteiger partial charge in [-0.05, 0) is 43.7 Å². The molecule has 0 aliphatic carbocycles. The summed E-state index contributed by atoms with van der Waals surface area (Å²) in [6, 6.07) is 12.1. The van der Waals surface area contributed by atoms with Gasteiger partial charge < -0.3 is 5.11 Å². The Kier molecular flexibility index (Phi) is 2.96. The third-order valence-corrected chi connectivity index (χ3v) is 2.76. The molecular weight excluding hydrogens is 212 g/mol. The van der Waals surface area contributed by atoms with Gasteiger partial charge in [0.15, 0.2) is 5.78 Å². The van der Waals surface area contributed by atoms with Crippen LogP contribution in [0.2, 0.25) is 0 Å². The van der Waals surface area contributed by atoms with Crippen molar-refractivity contribution in [2.24, 2.45) is 0 Å². The molecule has 0 bridgehead atoms. The predicted octanol–water partition coefficient (Wildman–Crippen LogP) is 3.24. The van der Waals surface area contributed by atoms with Crippen molar-refractivity contribution in [2.75, 3.05) is 0 Å². The SMILES string of the molecule is Cc1ccc(C(=O)c2ccc(O)cc2)c(C)c1. The summed E-state index contributed by atoms with van der Waals surface area (Å²) >= 11 is 0. The van der Waals surface area contributed by atoms with Crippen molar-refractivity contribution in [1.82, 2.24) is 0 Å². The Morgan fingerprint density at radius 1 is 1.00 bits per heavy atom. The van der Waals surface area contributed by atoms with Crippen LogP contribution in [0.25, 0.3) is 0 Å². The van der Waals surface area contributed by atoms with Crippen LogP contribution in [-0.2, 0) is 0 Å². The van der Waals surface area contributed by atoms with Gasteiger partial charge in [-0.2, -0.15) is 0 Å². The van der Waals surface area contributed by atoms with E-state index in [1.54, 1.807) is 12.1 Å². The summed E-state index contributed by atoms with van der Waals surface area (Å²) < 4.78 is 0. The second kappa shape index (κ2) is 4.42. The van der Waals surface area contributed by atoms with Crippen LogP contribution >= 0.6 is 0 Å². The van der Waals surface area contributed by atoms with E-state index in [1.165, 1.54) is 12.1 Å². The number of phenols is 1. The number of benzene rings is 2. The van der Waals surface area contributed by atoms with Gasteiger partial charge in [0.25, 0.3) is 0 Å². The lowest BCUT2D eigenvalue weighted by atomic mass is 9.98. The first-order chi connectivity index (χ1) is 8.08. The van der Waals surface area contributed by atoms with Gasteiger partial charge in [-0.1, -0.05) is 23.8 Å². The molecule has 0 heterocycles. The first kappa shape index (κ1) is 11.4. The highest BCUT2D eigenvalue weighted by molar-refractivity contribution is 6.09. The van der Waals surface area contributed by atoms with Crippen molar-refractivity contribution in [1.29, 1.82) is 0 Å². The van der Waals surface area contributed by atoms with Crippen LogP contribution in [0.4, 0.5) is 0 Å². The number of ketones is 1. The molecule has 86 valence electrons. The van der Waals surface area contributed by atoms with Crippen LogP contribution in [0.1, 0.15) is 27.0 Å². The van der Waals surface area contributed by atoms with E-state index in [2.05, 4.69) is 0 Å². The van der Waals surface area contributed by atoms with E-state index < -0.39 is 0 Å². The first-order valence-corrected chi connectivity index (χ1v) is 5.49. The number of aryl methyl sites for hydroxylation is 2. The standard InChI is InChI=1S/C15H14O2/c1-10-3-8-14(11(2)9-10)15(17)12-4-6-13(16)7-5-12/h3-9,16H,1-2H3. The second-order valence-electron chi connectivity index (χ2n) is 4.19. The zero-order valence-corrected chi connectivity index (χ0v) is 9.90. The Labute approximate surface area is 101 Å². The molecule has 0 saturated carbocycles. The summed E-state index contributed by atoms with van der Waals surface area (Å²) in [5.41, 5.74) is 3.42. The van der Waals surface area contributed by atoms with E-state index in [4.69, 9.17) is 0 Å². The fraction of sp³-hybridized carbons (Fsp3) is 0.133. The Morgan fingerprint density at radius 3 is 2.24 bits per heavy atom. The quantitative estimate of drug-likeness (QED) is 0.798. The number of hydrogen-bond donors (Lipinski definition) is 1. The van der Waals surface area contributed by atoms with Gasteiger partial charge >= 0.3 is 0 Å². The molecule has 0 radical (unpaired) electrons. The Hall–Kier alpha value is -2.09. The monoisotopic (exact) mass is 226 g/mol. The van der Waals surface area contributed by atoms with E-state index in [9.17, 15) is 9.90 Å². The highest BCUT2D eigenvalue weighted by Crippen LogP contribution is 2.17. The molecule has 0 aliphatic heterocycles. The second-order valence-corrected chi connectivity index (χ2v) is 4.19. The first-order valence-electron chi connectivity index (χ1n) is 5.49. The van der Waals surface area contributed by atoms with Gasteiger partial charge in [0, 0.05) is 11.1 Å². The van der Waals surface area contributed by atoms with E-state index in [1.807, 2.05) is 32.0 Å². The van der Waals surface area contributed by atoms with Crippen molar-refractivity contribution in [3.8, 4) is 5.75 Å². The fourth-order valence-corrected chi connectivity index (χ4v) is 1.84. The molecule has 0 atom stereocenters. The van der Waals surface area contributed by atoms with Crippen LogP contribution in [0.5, 0.6) is 5.75 Å². The molecule has 0 aromatic heterocycles. The van der Waals surface area contributed by atoms with Crippen LogP contribution in [-0.4, -0.2) is 10.9 Å². The van der Waals surface area contributed by atoms with Crippen LogP contribution in [0.3, 0.4) is 0 Å². The Balaban J connectivity index is 2.40. The molecule has 17 heavy (non-hydrogen) atoms. The van der Waals surface area contributed by atoms with Gasteiger partial charge in [-0.15, -0.1) is 0 Å². The van der Waals surface area contributed by atoms with Gasteiger partial charge in [0.05, 0.1) is 0 Å². The van der Waals surface area contributed by atoms with Gasteiger partial charge in [0.2, 0.25) is 0 Å². The summed E-state index contributed by atoms with van der Waals surface area (Å²) in [7, 11) is 0. The van der Waals surface area contributed by atoms with Crippen LogP contribution in [0.15, 0.2) is 42.5 Å². The maximum absolute atomic E-state index is 12.2. The van der Waals surface area contributed by atoms with Gasteiger partial charge in [-0.3, -0.25) is 4.79 Å². The molecule has 2 aromatic carbocycles. The summed E-state index contributed by atoms with van der Waals surface area (Å²) in [5.74, 6) is 0.157. The largest absolute Gasteiger partial charge is 0.508 e. The van der Waals surface area contributed by atoms with Crippen LogP contribution in [0, 0.1) is 13.8 Å². The molecule has 2 aromatic rings. The number of aromatic hydroxyl groups is 1. The zero-order chi connectivity index (χ0) is 12.4. The Morgan fingerprint density at radius 2 is 1.65 bits per heavy atom. The fourth-order valence-electron chi connectivity index (χ4n) is 1.84. The molecule has 2 heteroatoms. The Bertz CT molecular complexity index is 554. The molecule has 0 aliphatic rings. The summed E-state index contributed by atoms with van der Waals surface area (Å²) in [6.07, 6.45) is 0. The van der Waals surface area contributed by atoms with E-state index in [-0.39, 0.29) is 11.5 Å². The maximum Gasteiger partial charge on any atom is 0.193 e. The summed E-state index contributed by atoms with van der Waals surface area (Å²) in [4.78, 5) is 12.2. The summed E-state index contributed by atoms with van der Waals surface area (Å²) in [6.45, 7) is 3.93. The van der Waals surface area contributed by atoms with Gasteiger partial charge in [-0.25, -0.2) is 0 Å². The van der Waals surface area contributed by atoms with E-state index >= 15 is 0 Å². The highest BCUT2D eigenvalue weighted by Gasteiger charge is 2.11. The minimum absolute atomic E-state index is 0.0116. The average molecular weight is 226 g/mol. The highest BCUT2D eigenvalue weighted by atomic mass is 16.3. The minimum Gasteiger partial charge on any atom is -0.508 e. The molecular formula is C15H14O2. The van der Waals surface area contributed by atoms with Crippen molar-refractivity contribution in [3.63, 3.8) is 0 Å². The number of rotatable bonds is 2. The average Bonchev–Trinajstić information content (AvgIpc) is 2.29. The molecule has 1 N–H and O–H groups in total. The third-order valence-electron chi connectivity index (χ3n) is 2.76. The molecule has 0 unspecified atom stereocenters. The topological polar surface area (TPSA) is 37.3 Å². The molecule has 0 amide bonds. The molecule has 0 spiro atoms. The minimum atomic E-state index is -0.0116. The number of hydrogen-bond acceptors (Lipinski definition) is 2. The normalized spacial score (nSPS) is 10.2. The zero-order valence-electron chi connectivity index (χ0n) is 9.90. The van der Waals surface area contributed by atoms with Crippen molar-refractivity contribution in [2.45, 2.75) is 13.8 Å². The number of carbonyl (C=O) groups excluding carboxylic acids is 1. The maximum atomic E-state index is 12.2. The number of phenolic OH excluding ortho intramolecular Hbond substituents is 1. The van der Waals surface area contributed by atoms with E-state index in [0.717, 1.165) is 11.1 Å². The van der Waals surface area contributed by atoms with Crippen molar-refractivity contribution >= 4 is 5.78 Å². The van der Waals surface area contributed by atoms with Crippen molar-refractivity contribution in [3.05, 3.63) is 64.7 Å². The number of carbonyl (C=O) groups is 1. The smallest absolute Gasteiger partial charge is 0.193 e. The lowest BCUT2D eigenvalue weighted by Gasteiger charge is -2.06. The summed E-state index contributed by atoms with van der Waals surface area (Å²) in [5, 5.41) is 9.19. The lowest BCUT2D eigenvalue weighted by Crippen LogP contribution is -2.03. The molecule has 2 nitrogen and oxygen atoms in total. The van der Waals surface area contributed by atoms with Crippen LogP contribution < -0.4 is 0 Å². The van der Waals surface area contributed by atoms with Gasteiger partial charge in [0.1, 0.15) is 5.75 Å². The third kappa shape index (κ3) is 2.36. The lowest BCUT2D eigenvalue weighted by molar-refractivity contribution is 0.103. The molecule has 2 rings (SSSR count). The molecule has 0 saturated heterocycles.